The first kappa shape index (κ1) is 20.4. The van der Waals surface area contributed by atoms with E-state index in [1.54, 1.807) is 19.1 Å². The quantitative estimate of drug-likeness (QED) is 0.665. The molecule has 3 aromatic rings. The van der Waals surface area contributed by atoms with Gasteiger partial charge >= 0.3 is 0 Å². The number of rotatable bonds is 5. The van der Waals surface area contributed by atoms with E-state index in [0.717, 1.165) is 35.6 Å². The van der Waals surface area contributed by atoms with E-state index in [-0.39, 0.29) is 5.91 Å². The van der Waals surface area contributed by atoms with Gasteiger partial charge in [0.2, 0.25) is 15.9 Å². The summed E-state index contributed by atoms with van der Waals surface area (Å²) in [6, 6.07) is 14.6. The van der Waals surface area contributed by atoms with E-state index < -0.39 is 16.1 Å². The van der Waals surface area contributed by atoms with Crippen LogP contribution in [0.1, 0.15) is 29.2 Å². The molecular weight excluding hydrogens is 396 g/mol. The number of amides is 1. The summed E-state index contributed by atoms with van der Waals surface area (Å²) >= 11 is 0. The number of sulfonamides is 1. The van der Waals surface area contributed by atoms with Crippen LogP contribution < -0.4 is 9.62 Å². The molecule has 0 saturated carbocycles. The third-order valence-electron chi connectivity index (χ3n) is 5.97. The molecule has 0 unspecified atom stereocenters. The molecule has 0 saturated heterocycles. The second-order valence-electron chi connectivity index (χ2n) is 8.10. The molecule has 6 heteroatoms. The van der Waals surface area contributed by atoms with Gasteiger partial charge in [0.25, 0.3) is 0 Å². The molecule has 1 aliphatic carbocycles. The van der Waals surface area contributed by atoms with Crippen molar-refractivity contribution in [2.45, 2.75) is 39.7 Å². The fourth-order valence-electron chi connectivity index (χ4n) is 4.26. The van der Waals surface area contributed by atoms with E-state index in [1.807, 2.05) is 38.1 Å². The van der Waals surface area contributed by atoms with Crippen LogP contribution in [-0.4, -0.2) is 26.6 Å². The van der Waals surface area contributed by atoms with Gasteiger partial charge in [0.15, 0.2) is 0 Å². The van der Waals surface area contributed by atoms with Crippen molar-refractivity contribution in [1.82, 2.24) is 0 Å². The zero-order valence-electron chi connectivity index (χ0n) is 17.7. The van der Waals surface area contributed by atoms with Gasteiger partial charge in [-0.15, -0.1) is 0 Å². The molecule has 4 rings (SSSR count). The van der Waals surface area contributed by atoms with Crippen molar-refractivity contribution < 1.29 is 13.2 Å². The number of nitrogens with zero attached hydrogens (tertiary/aromatic N) is 1. The smallest absolute Gasteiger partial charge is 0.248 e. The van der Waals surface area contributed by atoms with E-state index in [9.17, 15) is 13.2 Å². The fourth-order valence-corrected chi connectivity index (χ4v) is 5.43. The minimum absolute atomic E-state index is 0.364. The molecule has 1 aliphatic rings. The number of nitrogens with one attached hydrogen (secondary N) is 1. The normalized spacial score (nSPS) is 14.0. The molecule has 0 fully saturated rings. The number of hydrogen-bond acceptors (Lipinski definition) is 3. The molecule has 1 amide bonds. The lowest BCUT2D eigenvalue weighted by Crippen LogP contribution is -2.45. The average molecular weight is 423 g/mol. The SMILES string of the molecule is Cc1ccc(N([C@H](C)C(=O)Nc2ccc3c4c(cccc24)CC3)S(C)(=O)=O)cc1C. The summed E-state index contributed by atoms with van der Waals surface area (Å²) in [7, 11) is -3.66. The number of carbonyl (C=O) groups excluding carboxylic acids is 1. The zero-order valence-corrected chi connectivity index (χ0v) is 18.5. The van der Waals surface area contributed by atoms with Gasteiger partial charge in [-0.2, -0.15) is 0 Å². The molecule has 1 N–H and O–H groups in total. The van der Waals surface area contributed by atoms with Crippen LogP contribution in [0.3, 0.4) is 0 Å². The Morgan fingerprint density at radius 3 is 2.37 bits per heavy atom. The highest BCUT2D eigenvalue weighted by Gasteiger charge is 2.30. The van der Waals surface area contributed by atoms with Gasteiger partial charge in [0.1, 0.15) is 6.04 Å². The molecule has 0 bridgehead atoms. The van der Waals surface area contributed by atoms with Crippen LogP contribution in [-0.2, 0) is 27.7 Å². The lowest BCUT2D eigenvalue weighted by Gasteiger charge is -2.29. The van der Waals surface area contributed by atoms with Crippen LogP contribution in [0.2, 0.25) is 0 Å². The van der Waals surface area contributed by atoms with Crippen molar-refractivity contribution in [2.24, 2.45) is 0 Å². The lowest BCUT2D eigenvalue weighted by molar-refractivity contribution is -0.116. The summed E-state index contributed by atoms with van der Waals surface area (Å²) in [6.07, 6.45) is 3.15. The Morgan fingerprint density at radius 2 is 1.70 bits per heavy atom. The predicted molar refractivity (Wildman–Crippen MR) is 123 cm³/mol. The van der Waals surface area contributed by atoms with E-state index in [2.05, 4.69) is 17.4 Å². The molecule has 3 aromatic carbocycles. The fraction of sp³-hybridized carbons (Fsp3) is 0.292. The van der Waals surface area contributed by atoms with Crippen LogP contribution in [0.5, 0.6) is 0 Å². The number of aryl methyl sites for hydroxylation is 4. The van der Waals surface area contributed by atoms with Crippen LogP contribution >= 0.6 is 0 Å². The highest BCUT2D eigenvalue weighted by atomic mass is 32.2. The molecule has 0 aromatic heterocycles. The van der Waals surface area contributed by atoms with Crippen LogP contribution in [0, 0.1) is 13.8 Å². The lowest BCUT2D eigenvalue weighted by atomic mass is 10.0. The summed E-state index contributed by atoms with van der Waals surface area (Å²) in [4.78, 5) is 13.1. The standard InChI is InChI=1S/C24H26N2O3S/c1-15-8-12-20(14-16(15)2)26(30(4,28)29)17(3)24(27)25-22-13-11-19-10-9-18-6-5-7-21(22)23(18)19/h5-8,11-14,17H,9-10H2,1-4H3,(H,25,27)/t17-/m1/s1. The maximum absolute atomic E-state index is 13.1. The van der Waals surface area contributed by atoms with Gasteiger partial charge < -0.3 is 5.32 Å². The maximum atomic E-state index is 13.1. The molecule has 156 valence electrons. The number of hydrogen-bond donors (Lipinski definition) is 1. The Hall–Kier alpha value is -2.86. The van der Waals surface area contributed by atoms with Crippen LogP contribution in [0.4, 0.5) is 11.4 Å². The van der Waals surface area contributed by atoms with Crippen molar-refractivity contribution in [3.05, 3.63) is 70.8 Å². The Kier molecular flexibility index (Phi) is 5.06. The van der Waals surface area contributed by atoms with E-state index in [1.165, 1.54) is 20.8 Å². The molecule has 0 spiro atoms. The molecular formula is C24H26N2O3S. The highest BCUT2D eigenvalue weighted by molar-refractivity contribution is 7.92. The Balaban J connectivity index is 1.69. The zero-order chi connectivity index (χ0) is 21.6. The van der Waals surface area contributed by atoms with Crippen molar-refractivity contribution in [3.63, 3.8) is 0 Å². The molecule has 5 nitrogen and oxygen atoms in total. The Labute approximate surface area is 177 Å². The summed E-state index contributed by atoms with van der Waals surface area (Å²) in [6.45, 7) is 5.51. The van der Waals surface area contributed by atoms with Crippen molar-refractivity contribution in [1.29, 1.82) is 0 Å². The van der Waals surface area contributed by atoms with Gasteiger partial charge in [-0.25, -0.2) is 8.42 Å². The molecule has 0 heterocycles. The topological polar surface area (TPSA) is 66.5 Å². The predicted octanol–water partition coefficient (Wildman–Crippen LogP) is 4.35. The maximum Gasteiger partial charge on any atom is 0.248 e. The molecule has 0 radical (unpaired) electrons. The summed E-state index contributed by atoms with van der Waals surface area (Å²) in [5, 5.41) is 5.18. The average Bonchev–Trinajstić information content (AvgIpc) is 3.10. The van der Waals surface area contributed by atoms with Gasteiger partial charge in [0.05, 0.1) is 11.9 Å². The van der Waals surface area contributed by atoms with Gasteiger partial charge in [-0.3, -0.25) is 9.10 Å². The summed E-state index contributed by atoms with van der Waals surface area (Å²) in [5.74, 6) is -0.364. The summed E-state index contributed by atoms with van der Waals surface area (Å²) in [5.41, 5.74) is 5.82. The number of carbonyl (C=O) groups is 1. The van der Waals surface area contributed by atoms with Crippen LogP contribution in [0.15, 0.2) is 48.5 Å². The molecule has 0 aliphatic heterocycles. The first-order chi connectivity index (χ1) is 14.2. The van der Waals surface area contributed by atoms with E-state index in [0.29, 0.717) is 11.4 Å². The summed E-state index contributed by atoms with van der Waals surface area (Å²) < 4.78 is 26.4. The minimum atomic E-state index is -3.66. The largest absolute Gasteiger partial charge is 0.324 e. The first-order valence-corrected chi connectivity index (χ1v) is 11.9. The van der Waals surface area contributed by atoms with Crippen molar-refractivity contribution in [3.8, 4) is 0 Å². The van der Waals surface area contributed by atoms with Gasteiger partial charge in [-0.1, -0.05) is 30.3 Å². The highest BCUT2D eigenvalue weighted by Crippen LogP contribution is 2.35. The minimum Gasteiger partial charge on any atom is -0.324 e. The molecule has 1 atom stereocenters. The van der Waals surface area contributed by atoms with E-state index in [4.69, 9.17) is 0 Å². The third-order valence-corrected chi connectivity index (χ3v) is 7.21. The van der Waals surface area contributed by atoms with Crippen molar-refractivity contribution >= 4 is 38.1 Å². The third kappa shape index (κ3) is 3.56. The van der Waals surface area contributed by atoms with Crippen molar-refractivity contribution in [2.75, 3.05) is 15.9 Å². The van der Waals surface area contributed by atoms with E-state index >= 15 is 0 Å². The van der Waals surface area contributed by atoms with Gasteiger partial charge in [-0.05, 0) is 79.5 Å². The molecule has 30 heavy (non-hydrogen) atoms. The second-order valence-corrected chi connectivity index (χ2v) is 9.96. The Morgan fingerprint density at radius 1 is 1.00 bits per heavy atom. The monoisotopic (exact) mass is 422 g/mol. The van der Waals surface area contributed by atoms with Crippen LogP contribution in [0.25, 0.3) is 10.8 Å². The number of benzene rings is 3. The second kappa shape index (κ2) is 7.43. The first-order valence-electron chi connectivity index (χ1n) is 10.1. The number of anilines is 2. The van der Waals surface area contributed by atoms with Gasteiger partial charge in [0, 0.05) is 11.1 Å². The Bertz CT molecular complexity index is 1250.